The van der Waals surface area contributed by atoms with Crippen LogP contribution in [0.15, 0.2) is 54.3 Å². The number of hydrogen-bond donors (Lipinski definition) is 2. The van der Waals surface area contributed by atoms with Gasteiger partial charge in [0, 0.05) is 24.5 Å². The minimum Gasteiger partial charge on any atom is -0.336 e. The van der Waals surface area contributed by atoms with Crippen molar-refractivity contribution in [1.29, 1.82) is 0 Å². The van der Waals surface area contributed by atoms with Gasteiger partial charge in [-0.3, -0.25) is 10.00 Å². The van der Waals surface area contributed by atoms with Crippen LogP contribution in [-0.4, -0.2) is 27.3 Å². The van der Waals surface area contributed by atoms with Crippen molar-refractivity contribution >= 4 is 22.4 Å². The van der Waals surface area contributed by atoms with Crippen LogP contribution in [0.3, 0.4) is 0 Å². The average molecular weight is 313 g/mol. The van der Waals surface area contributed by atoms with Crippen LogP contribution in [0.25, 0.3) is 11.3 Å². The molecule has 112 valence electrons. The first kappa shape index (κ1) is 14.3. The average Bonchev–Trinajstić information content (AvgIpc) is 3.20. The Bertz CT molecular complexity index is 723. The van der Waals surface area contributed by atoms with E-state index in [2.05, 4.69) is 20.7 Å². The number of carbonyl (C=O) groups is 1. The van der Waals surface area contributed by atoms with Crippen LogP contribution >= 0.6 is 11.3 Å². The van der Waals surface area contributed by atoms with Crippen LogP contribution < -0.4 is 10.6 Å². The zero-order valence-corrected chi connectivity index (χ0v) is 12.6. The van der Waals surface area contributed by atoms with Gasteiger partial charge in [0.2, 0.25) is 0 Å². The van der Waals surface area contributed by atoms with E-state index in [0.717, 1.165) is 16.3 Å². The third-order valence-electron chi connectivity index (χ3n) is 3.03. The maximum absolute atomic E-state index is 11.9. The van der Waals surface area contributed by atoms with Crippen molar-refractivity contribution in [2.45, 2.75) is 6.54 Å². The van der Waals surface area contributed by atoms with E-state index >= 15 is 0 Å². The van der Waals surface area contributed by atoms with Crippen LogP contribution in [-0.2, 0) is 6.54 Å². The monoisotopic (exact) mass is 313 g/mol. The number of anilines is 1. The van der Waals surface area contributed by atoms with E-state index in [1.165, 1.54) is 11.3 Å². The maximum atomic E-state index is 11.9. The van der Waals surface area contributed by atoms with Gasteiger partial charge in [-0.1, -0.05) is 30.3 Å². The molecule has 7 heteroatoms. The highest BCUT2D eigenvalue weighted by Crippen LogP contribution is 2.29. The minimum absolute atomic E-state index is 0.242. The lowest BCUT2D eigenvalue weighted by Gasteiger charge is -2.07. The summed E-state index contributed by atoms with van der Waals surface area (Å²) in [5, 5.41) is 10.5. The standard InChI is InChI=1S/C15H15N5OS/c21-15(16-8-10-20-9-4-7-18-20)19-14-13(17-11-22-14)12-5-2-1-3-6-12/h1-7,9,11H,8,10H2,(H2,16,19,21). The van der Waals surface area contributed by atoms with Crippen LogP contribution in [0.1, 0.15) is 0 Å². The van der Waals surface area contributed by atoms with E-state index in [-0.39, 0.29) is 6.03 Å². The van der Waals surface area contributed by atoms with E-state index < -0.39 is 0 Å². The molecule has 2 aromatic heterocycles. The Labute approximate surface area is 131 Å². The van der Waals surface area contributed by atoms with Crippen molar-refractivity contribution < 1.29 is 4.79 Å². The molecule has 0 atom stereocenters. The van der Waals surface area contributed by atoms with E-state index in [1.807, 2.05) is 42.6 Å². The van der Waals surface area contributed by atoms with Gasteiger partial charge in [0.05, 0.1) is 12.1 Å². The van der Waals surface area contributed by atoms with Crippen molar-refractivity contribution in [3.8, 4) is 11.3 Å². The Morgan fingerprint density at radius 1 is 1.23 bits per heavy atom. The summed E-state index contributed by atoms with van der Waals surface area (Å²) in [6.45, 7) is 1.14. The number of nitrogens with one attached hydrogen (secondary N) is 2. The predicted octanol–water partition coefficient (Wildman–Crippen LogP) is 2.83. The Balaban J connectivity index is 1.57. The highest BCUT2D eigenvalue weighted by Gasteiger charge is 2.11. The van der Waals surface area contributed by atoms with E-state index in [4.69, 9.17) is 0 Å². The topological polar surface area (TPSA) is 71.8 Å². The fraction of sp³-hybridized carbons (Fsp3) is 0.133. The van der Waals surface area contributed by atoms with Crippen molar-refractivity contribution in [2.75, 3.05) is 11.9 Å². The van der Waals surface area contributed by atoms with Crippen molar-refractivity contribution in [3.63, 3.8) is 0 Å². The van der Waals surface area contributed by atoms with Gasteiger partial charge in [0.25, 0.3) is 0 Å². The zero-order valence-electron chi connectivity index (χ0n) is 11.8. The highest BCUT2D eigenvalue weighted by molar-refractivity contribution is 7.14. The molecule has 0 bridgehead atoms. The summed E-state index contributed by atoms with van der Waals surface area (Å²) in [4.78, 5) is 16.3. The SMILES string of the molecule is O=C(NCCn1cccn1)Nc1scnc1-c1ccccc1. The van der Waals surface area contributed by atoms with Crippen LogP contribution in [0, 0.1) is 0 Å². The van der Waals surface area contributed by atoms with Crippen molar-refractivity contribution in [2.24, 2.45) is 0 Å². The Kier molecular flexibility index (Phi) is 4.45. The third-order valence-corrected chi connectivity index (χ3v) is 3.77. The lowest BCUT2D eigenvalue weighted by atomic mass is 10.2. The molecule has 0 aliphatic heterocycles. The van der Waals surface area contributed by atoms with E-state index in [0.29, 0.717) is 13.1 Å². The predicted molar refractivity (Wildman–Crippen MR) is 86.8 cm³/mol. The fourth-order valence-corrected chi connectivity index (χ4v) is 2.70. The van der Waals surface area contributed by atoms with E-state index in [9.17, 15) is 4.79 Å². The number of benzene rings is 1. The molecular formula is C15H15N5OS. The number of thiazole rings is 1. The van der Waals surface area contributed by atoms with Crippen LogP contribution in [0.5, 0.6) is 0 Å². The molecular weight excluding hydrogens is 298 g/mol. The lowest BCUT2D eigenvalue weighted by molar-refractivity contribution is 0.251. The minimum atomic E-state index is -0.242. The second kappa shape index (κ2) is 6.86. The highest BCUT2D eigenvalue weighted by atomic mass is 32.1. The molecule has 1 aromatic carbocycles. The number of rotatable bonds is 5. The molecule has 3 aromatic rings. The first-order chi connectivity index (χ1) is 10.8. The molecule has 0 fully saturated rings. The largest absolute Gasteiger partial charge is 0.336 e. The van der Waals surface area contributed by atoms with E-state index in [1.54, 1.807) is 16.4 Å². The zero-order chi connectivity index (χ0) is 15.2. The summed E-state index contributed by atoms with van der Waals surface area (Å²) in [6.07, 6.45) is 3.57. The molecule has 0 unspecified atom stereocenters. The first-order valence-corrected chi connectivity index (χ1v) is 7.72. The summed E-state index contributed by atoms with van der Waals surface area (Å²) >= 11 is 1.40. The number of hydrogen-bond acceptors (Lipinski definition) is 4. The molecule has 0 saturated heterocycles. The molecule has 0 aliphatic carbocycles. The Hall–Kier alpha value is -2.67. The van der Waals surface area contributed by atoms with Crippen LogP contribution in [0.4, 0.5) is 9.80 Å². The maximum Gasteiger partial charge on any atom is 0.319 e. The number of nitrogens with zero attached hydrogens (tertiary/aromatic N) is 3. The number of carbonyl (C=O) groups excluding carboxylic acids is 1. The Morgan fingerprint density at radius 3 is 2.86 bits per heavy atom. The summed E-state index contributed by atoms with van der Waals surface area (Å²) in [5.74, 6) is 0. The Morgan fingerprint density at radius 2 is 2.09 bits per heavy atom. The molecule has 6 nitrogen and oxygen atoms in total. The molecule has 3 rings (SSSR count). The van der Waals surface area contributed by atoms with Gasteiger partial charge in [0.15, 0.2) is 0 Å². The summed E-state index contributed by atoms with van der Waals surface area (Å²) in [5.41, 5.74) is 3.49. The van der Waals surface area contributed by atoms with Gasteiger partial charge < -0.3 is 5.32 Å². The smallest absolute Gasteiger partial charge is 0.319 e. The number of urea groups is 1. The molecule has 2 amide bonds. The third kappa shape index (κ3) is 3.50. The summed E-state index contributed by atoms with van der Waals surface area (Å²) in [6, 6.07) is 11.4. The molecule has 2 heterocycles. The normalized spacial score (nSPS) is 10.4. The second-order valence-corrected chi connectivity index (χ2v) is 5.40. The molecule has 0 aliphatic rings. The van der Waals surface area contributed by atoms with Gasteiger partial charge in [-0.05, 0) is 6.07 Å². The van der Waals surface area contributed by atoms with Crippen LogP contribution in [0.2, 0.25) is 0 Å². The quantitative estimate of drug-likeness (QED) is 0.761. The van der Waals surface area contributed by atoms with Gasteiger partial charge in [-0.25, -0.2) is 9.78 Å². The van der Waals surface area contributed by atoms with Gasteiger partial charge in [0.1, 0.15) is 10.7 Å². The van der Waals surface area contributed by atoms with Gasteiger partial charge >= 0.3 is 6.03 Å². The van der Waals surface area contributed by atoms with Crippen molar-refractivity contribution in [1.82, 2.24) is 20.1 Å². The molecule has 0 saturated carbocycles. The first-order valence-electron chi connectivity index (χ1n) is 6.84. The molecule has 0 spiro atoms. The summed E-state index contributed by atoms with van der Waals surface area (Å²) in [7, 11) is 0. The fourth-order valence-electron chi connectivity index (χ4n) is 2.00. The van der Waals surface area contributed by atoms with Crippen molar-refractivity contribution in [3.05, 3.63) is 54.3 Å². The summed E-state index contributed by atoms with van der Waals surface area (Å²) < 4.78 is 1.77. The van der Waals surface area contributed by atoms with Gasteiger partial charge in [-0.2, -0.15) is 5.10 Å². The van der Waals surface area contributed by atoms with Gasteiger partial charge in [-0.15, -0.1) is 11.3 Å². The molecule has 2 N–H and O–H groups in total. The lowest BCUT2D eigenvalue weighted by Crippen LogP contribution is -2.31. The second-order valence-electron chi connectivity index (χ2n) is 4.55. The number of amides is 2. The number of aromatic nitrogens is 3. The molecule has 0 radical (unpaired) electrons. The molecule has 22 heavy (non-hydrogen) atoms.